The first kappa shape index (κ1) is 12.4. The van der Waals surface area contributed by atoms with Gasteiger partial charge in [-0.1, -0.05) is 0 Å². The van der Waals surface area contributed by atoms with Gasteiger partial charge in [0.25, 0.3) is 0 Å². The normalized spacial score (nSPS) is 21.6. The van der Waals surface area contributed by atoms with Crippen LogP contribution in [0.3, 0.4) is 0 Å². The van der Waals surface area contributed by atoms with Crippen molar-refractivity contribution in [2.45, 2.75) is 19.5 Å². The summed E-state index contributed by atoms with van der Waals surface area (Å²) in [4.78, 5) is 6.85. The van der Waals surface area contributed by atoms with Crippen LogP contribution < -0.4 is 5.32 Å². The SMILES string of the molecule is Cc1nc(CN(C)CC2CSCCN2)cs1. The van der Waals surface area contributed by atoms with Crippen LogP contribution in [0.2, 0.25) is 0 Å². The maximum absolute atomic E-state index is 4.49. The molecule has 1 N–H and O–H groups in total. The van der Waals surface area contributed by atoms with E-state index in [1.165, 1.54) is 17.2 Å². The molecule has 0 radical (unpaired) electrons. The molecule has 1 aliphatic rings. The zero-order valence-corrected chi connectivity index (χ0v) is 11.5. The van der Waals surface area contributed by atoms with E-state index in [1.54, 1.807) is 11.3 Å². The summed E-state index contributed by atoms with van der Waals surface area (Å²) >= 11 is 3.79. The molecule has 1 saturated heterocycles. The molecule has 1 unspecified atom stereocenters. The van der Waals surface area contributed by atoms with Gasteiger partial charge in [0.1, 0.15) is 0 Å². The van der Waals surface area contributed by atoms with Crippen LogP contribution in [0.1, 0.15) is 10.7 Å². The summed E-state index contributed by atoms with van der Waals surface area (Å²) in [5.41, 5.74) is 1.20. The minimum absolute atomic E-state index is 0.642. The summed E-state index contributed by atoms with van der Waals surface area (Å²) in [5, 5.41) is 6.88. The molecule has 0 aromatic carbocycles. The Morgan fingerprint density at radius 3 is 3.12 bits per heavy atom. The summed E-state index contributed by atoms with van der Waals surface area (Å²) in [6.45, 7) is 5.29. The number of hydrogen-bond acceptors (Lipinski definition) is 5. The molecule has 0 spiro atoms. The van der Waals surface area contributed by atoms with E-state index in [1.807, 2.05) is 0 Å². The predicted octanol–water partition coefficient (Wildman–Crippen LogP) is 1.59. The Morgan fingerprint density at radius 2 is 2.50 bits per heavy atom. The molecule has 1 aliphatic heterocycles. The van der Waals surface area contributed by atoms with E-state index in [2.05, 4.69) is 46.3 Å². The van der Waals surface area contributed by atoms with Gasteiger partial charge in [-0.25, -0.2) is 4.98 Å². The molecule has 0 saturated carbocycles. The summed E-state index contributed by atoms with van der Waals surface area (Å²) in [7, 11) is 2.18. The predicted molar refractivity (Wildman–Crippen MR) is 72.3 cm³/mol. The van der Waals surface area contributed by atoms with Crippen molar-refractivity contribution < 1.29 is 0 Å². The lowest BCUT2D eigenvalue weighted by atomic mass is 10.3. The third-order valence-electron chi connectivity index (χ3n) is 2.63. The van der Waals surface area contributed by atoms with Crippen molar-refractivity contribution in [3.05, 3.63) is 16.1 Å². The maximum atomic E-state index is 4.49. The van der Waals surface area contributed by atoms with Gasteiger partial charge in [-0.05, 0) is 14.0 Å². The van der Waals surface area contributed by atoms with Gasteiger partial charge in [0.15, 0.2) is 0 Å². The van der Waals surface area contributed by atoms with Gasteiger partial charge in [0.2, 0.25) is 0 Å². The molecule has 1 atom stereocenters. The Hall–Kier alpha value is -0.100. The third kappa shape index (κ3) is 3.73. The minimum Gasteiger partial charge on any atom is -0.311 e. The molecule has 90 valence electrons. The number of nitrogens with zero attached hydrogens (tertiary/aromatic N) is 2. The van der Waals surface area contributed by atoms with Gasteiger partial charge >= 0.3 is 0 Å². The zero-order valence-electron chi connectivity index (χ0n) is 9.90. The quantitative estimate of drug-likeness (QED) is 0.886. The standard InChI is InChI=1S/C11H19N3S2/c1-9-13-11(8-16-9)6-14(2)5-10-7-15-4-3-12-10/h8,10,12H,3-7H2,1-2H3. The van der Waals surface area contributed by atoms with Crippen molar-refractivity contribution in [2.24, 2.45) is 0 Å². The van der Waals surface area contributed by atoms with Crippen molar-refractivity contribution in [1.82, 2.24) is 15.2 Å². The molecule has 1 aromatic rings. The fourth-order valence-corrected chi connectivity index (χ4v) is 3.48. The van der Waals surface area contributed by atoms with Crippen LogP contribution in [0.15, 0.2) is 5.38 Å². The molecule has 2 heterocycles. The molecule has 2 rings (SSSR count). The smallest absolute Gasteiger partial charge is 0.0897 e. The Labute approximate surface area is 106 Å². The van der Waals surface area contributed by atoms with Gasteiger partial charge in [-0.15, -0.1) is 11.3 Å². The van der Waals surface area contributed by atoms with E-state index in [0.29, 0.717) is 6.04 Å². The molecule has 1 aromatic heterocycles. The van der Waals surface area contributed by atoms with E-state index in [4.69, 9.17) is 0 Å². The summed E-state index contributed by atoms with van der Waals surface area (Å²) in [6.07, 6.45) is 0. The Balaban J connectivity index is 1.77. The summed E-state index contributed by atoms with van der Waals surface area (Å²) in [5.74, 6) is 2.49. The molecule has 16 heavy (non-hydrogen) atoms. The highest BCUT2D eigenvalue weighted by molar-refractivity contribution is 7.99. The van der Waals surface area contributed by atoms with Gasteiger partial charge < -0.3 is 5.32 Å². The largest absolute Gasteiger partial charge is 0.311 e. The maximum Gasteiger partial charge on any atom is 0.0897 e. The minimum atomic E-state index is 0.642. The average molecular weight is 257 g/mol. The summed E-state index contributed by atoms with van der Waals surface area (Å²) < 4.78 is 0. The number of hydrogen-bond donors (Lipinski definition) is 1. The zero-order chi connectivity index (χ0) is 11.4. The molecule has 0 bridgehead atoms. The van der Waals surface area contributed by atoms with Gasteiger partial charge in [-0.2, -0.15) is 11.8 Å². The molecule has 3 nitrogen and oxygen atoms in total. The van der Waals surface area contributed by atoms with Crippen LogP contribution in [0, 0.1) is 6.92 Å². The molecule has 0 aliphatic carbocycles. The second-order valence-electron chi connectivity index (χ2n) is 4.28. The topological polar surface area (TPSA) is 28.2 Å². The lowest BCUT2D eigenvalue weighted by Gasteiger charge is -2.27. The van der Waals surface area contributed by atoms with Crippen molar-refractivity contribution in [1.29, 1.82) is 0 Å². The Morgan fingerprint density at radius 1 is 1.62 bits per heavy atom. The molecule has 1 fully saturated rings. The van der Waals surface area contributed by atoms with Gasteiger partial charge in [0, 0.05) is 42.6 Å². The van der Waals surface area contributed by atoms with Crippen LogP contribution in [0.4, 0.5) is 0 Å². The highest BCUT2D eigenvalue weighted by Crippen LogP contribution is 2.12. The fraction of sp³-hybridized carbons (Fsp3) is 0.727. The van der Waals surface area contributed by atoms with E-state index >= 15 is 0 Å². The highest BCUT2D eigenvalue weighted by atomic mass is 32.2. The lowest BCUT2D eigenvalue weighted by Crippen LogP contribution is -2.44. The average Bonchev–Trinajstić information content (AvgIpc) is 2.65. The van der Waals surface area contributed by atoms with Crippen LogP contribution >= 0.6 is 23.1 Å². The number of likely N-dealkylation sites (N-methyl/N-ethyl adjacent to an activating group) is 1. The van der Waals surface area contributed by atoms with E-state index in [9.17, 15) is 0 Å². The highest BCUT2D eigenvalue weighted by Gasteiger charge is 2.15. The number of aromatic nitrogens is 1. The van der Waals surface area contributed by atoms with E-state index in [0.717, 1.165) is 24.6 Å². The van der Waals surface area contributed by atoms with Crippen LogP contribution in [0.25, 0.3) is 0 Å². The third-order valence-corrected chi connectivity index (χ3v) is 4.58. The van der Waals surface area contributed by atoms with Gasteiger partial charge in [-0.3, -0.25) is 4.90 Å². The van der Waals surface area contributed by atoms with Crippen LogP contribution in [-0.4, -0.2) is 47.6 Å². The van der Waals surface area contributed by atoms with E-state index in [-0.39, 0.29) is 0 Å². The van der Waals surface area contributed by atoms with Crippen molar-refractivity contribution in [2.75, 3.05) is 31.6 Å². The number of thioether (sulfide) groups is 1. The van der Waals surface area contributed by atoms with Crippen molar-refractivity contribution in [3.8, 4) is 0 Å². The molecular weight excluding hydrogens is 238 g/mol. The molecule has 5 heteroatoms. The number of rotatable bonds is 4. The monoisotopic (exact) mass is 257 g/mol. The van der Waals surface area contributed by atoms with Crippen LogP contribution in [0.5, 0.6) is 0 Å². The number of aryl methyl sites for hydroxylation is 1. The first-order valence-corrected chi connectivity index (χ1v) is 7.68. The Kier molecular flexibility index (Phi) is 4.64. The number of nitrogens with one attached hydrogen (secondary N) is 1. The second-order valence-corrected chi connectivity index (χ2v) is 6.49. The molecule has 0 amide bonds. The van der Waals surface area contributed by atoms with Gasteiger partial charge in [0.05, 0.1) is 10.7 Å². The molecular formula is C11H19N3S2. The number of thiazole rings is 1. The fourth-order valence-electron chi connectivity index (χ4n) is 1.94. The van der Waals surface area contributed by atoms with Crippen LogP contribution in [-0.2, 0) is 6.54 Å². The lowest BCUT2D eigenvalue weighted by molar-refractivity contribution is 0.289. The Bertz CT molecular complexity index is 321. The second kappa shape index (κ2) is 6.00. The first-order chi connectivity index (χ1) is 7.74. The first-order valence-electron chi connectivity index (χ1n) is 5.65. The van der Waals surface area contributed by atoms with Crippen molar-refractivity contribution >= 4 is 23.1 Å². The van der Waals surface area contributed by atoms with E-state index < -0.39 is 0 Å². The van der Waals surface area contributed by atoms with Crippen molar-refractivity contribution in [3.63, 3.8) is 0 Å². The summed E-state index contributed by atoms with van der Waals surface area (Å²) in [6, 6.07) is 0.642.